The van der Waals surface area contributed by atoms with E-state index >= 15 is 0 Å². The maximum Gasteiger partial charge on any atom is 0.239 e. The molecule has 2 N–H and O–H groups in total. The van der Waals surface area contributed by atoms with Crippen LogP contribution in [-0.2, 0) is 11.3 Å². The van der Waals surface area contributed by atoms with Crippen molar-refractivity contribution in [1.82, 2.24) is 10.6 Å². The van der Waals surface area contributed by atoms with Gasteiger partial charge in [0.25, 0.3) is 0 Å². The van der Waals surface area contributed by atoms with E-state index in [1.165, 1.54) is 0 Å². The molecule has 0 fully saturated rings. The first-order chi connectivity index (χ1) is 9.03. The molecule has 0 atom stereocenters. The third-order valence-electron chi connectivity index (χ3n) is 3.08. The smallest absolute Gasteiger partial charge is 0.239 e. The van der Waals surface area contributed by atoms with E-state index in [-0.39, 0.29) is 12.7 Å². The minimum absolute atomic E-state index is 0.0213. The van der Waals surface area contributed by atoms with Gasteiger partial charge in [0.15, 0.2) is 11.5 Å². The molecule has 0 aromatic heterocycles. The highest BCUT2D eigenvalue weighted by molar-refractivity contribution is 5.85. The van der Waals surface area contributed by atoms with Gasteiger partial charge in [-0.25, -0.2) is 0 Å². The van der Waals surface area contributed by atoms with Crippen molar-refractivity contribution in [3.05, 3.63) is 23.8 Å². The van der Waals surface area contributed by atoms with Crippen LogP contribution < -0.4 is 20.1 Å². The van der Waals surface area contributed by atoms with E-state index in [9.17, 15) is 4.79 Å². The highest BCUT2D eigenvalue weighted by Gasteiger charge is 2.25. The number of benzene rings is 1. The van der Waals surface area contributed by atoms with E-state index in [2.05, 4.69) is 10.6 Å². The summed E-state index contributed by atoms with van der Waals surface area (Å²) >= 11 is 0. The molecule has 0 radical (unpaired) electrons. The second-order valence-corrected chi connectivity index (χ2v) is 5.03. The Balaban J connectivity index is 1.94. The number of hydrogen-bond acceptors (Lipinski definition) is 4. The van der Waals surface area contributed by atoms with Gasteiger partial charge in [-0.05, 0) is 38.1 Å². The first-order valence-corrected chi connectivity index (χ1v) is 6.45. The zero-order chi connectivity index (χ0) is 13.9. The molecule has 1 aromatic carbocycles. The van der Waals surface area contributed by atoms with Gasteiger partial charge in [-0.2, -0.15) is 0 Å². The molecule has 5 nitrogen and oxygen atoms in total. The molecule has 0 spiro atoms. The Morgan fingerprint density at radius 1 is 1.32 bits per heavy atom. The molecule has 0 bridgehead atoms. The van der Waals surface area contributed by atoms with Crippen LogP contribution in [0.5, 0.6) is 11.5 Å². The van der Waals surface area contributed by atoms with Gasteiger partial charge in [0.1, 0.15) is 0 Å². The lowest BCUT2D eigenvalue weighted by atomic mass is 10.0. The summed E-state index contributed by atoms with van der Waals surface area (Å²) in [5, 5.41) is 6.06. The largest absolute Gasteiger partial charge is 0.454 e. The zero-order valence-corrected chi connectivity index (χ0v) is 11.6. The Morgan fingerprint density at radius 3 is 2.79 bits per heavy atom. The minimum Gasteiger partial charge on any atom is -0.454 e. The summed E-state index contributed by atoms with van der Waals surface area (Å²) in [4.78, 5) is 12.0. The van der Waals surface area contributed by atoms with Crippen LogP contribution in [0.2, 0.25) is 0 Å². The molecular formula is C14H20N2O3. The van der Waals surface area contributed by atoms with Crippen molar-refractivity contribution in [3.63, 3.8) is 0 Å². The van der Waals surface area contributed by atoms with Crippen molar-refractivity contribution < 1.29 is 14.3 Å². The van der Waals surface area contributed by atoms with Gasteiger partial charge in [0.2, 0.25) is 12.7 Å². The minimum atomic E-state index is -0.564. The van der Waals surface area contributed by atoms with E-state index in [0.717, 1.165) is 23.6 Å². The van der Waals surface area contributed by atoms with E-state index in [4.69, 9.17) is 9.47 Å². The maximum absolute atomic E-state index is 12.0. The monoisotopic (exact) mass is 264 g/mol. The molecule has 1 heterocycles. The predicted molar refractivity (Wildman–Crippen MR) is 72.2 cm³/mol. The average molecular weight is 264 g/mol. The van der Waals surface area contributed by atoms with Crippen LogP contribution in [0.3, 0.4) is 0 Å². The number of ether oxygens (including phenoxy) is 2. The van der Waals surface area contributed by atoms with Crippen LogP contribution in [0.15, 0.2) is 18.2 Å². The van der Waals surface area contributed by atoms with Crippen LogP contribution in [0.4, 0.5) is 0 Å². The number of hydrogen-bond donors (Lipinski definition) is 2. The Morgan fingerprint density at radius 2 is 2.05 bits per heavy atom. The third kappa shape index (κ3) is 3.17. The van der Waals surface area contributed by atoms with E-state index in [0.29, 0.717) is 6.54 Å². The number of fused-ring (bicyclic) bond motifs is 1. The summed E-state index contributed by atoms with van der Waals surface area (Å²) in [6.45, 7) is 7.21. The molecule has 0 saturated carbocycles. The van der Waals surface area contributed by atoms with Crippen molar-refractivity contribution in [1.29, 1.82) is 0 Å². The summed E-state index contributed by atoms with van der Waals surface area (Å²) < 4.78 is 10.6. The molecule has 104 valence electrons. The lowest BCUT2D eigenvalue weighted by molar-refractivity contribution is -0.126. The van der Waals surface area contributed by atoms with Crippen molar-refractivity contribution >= 4 is 5.91 Å². The molecule has 0 saturated heterocycles. The number of carbonyl (C=O) groups is 1. The van der Waals surface area contributed by atoms with E-state index in [1.807, 2.05) is 39.0 Å². The number of rotatable bonds is 5. The Labute approximate surface area is 113 Å². The summed E-state index contributed by atoms with van der Waals surface area (Å²) in [5.41, 5.74) is 0.426. The fourth-order valence-electron chi connectivity index (χ4n) is 1.98. The standard InChI is InChI=1S/C14H20N2O3/c1-4-16-14(2,3)13(17)15-8-10-5-6-11-12(7-10)19-9-18-11/h5-7,16H,4,8-9H2,1-3H3,(H,15,17). The summed E-state index contributed by atoms with van der Waals surface area (Å²) in [5.74, 6) is 1.47. The van der Waals surface area contributed by atoms with Gasteiger partial charge in [0, 0.05) is 6.54 Å². The zero-order valence-electron chi connectivity index (χ0n) is 11.6. The van der Waals surface area contributed by atoms with Crippen LogP contribution >= 0.6 is 0 Å². The highest BCUT2D eigenvalue weighted by atomic mass is 16.7. The van der Waals surface area contributed by atoms with Gasteiger partial charge >= 0.3 is 0 Å². The topological polar surface area (TPSA) is 59.6 Å². The molecule has 2 rings (SSSR count). The van der Waals surface area contributed by atoms with Crippen molar-refractivity contribution in [2.75, 3.05) is 13.3 Å². The molecular weight excluding hydrogens is 244 g/mol. The fourth-order valence-corrected chi connectivity index (χ4v) is 1.98. The molecule has 0 aliphatic carbocycles. The molecule has 5 heteroatoms. The van der Waals surface area contributed by atoms with Crippen molar-refractivity contribution in [3.8, 4) is 11.5 Å². The lowest BCUT2D eigenvalue weighted by Crippen LogP contribution is -2.52. The molecule has 0 unspecified atom stereocenters. The normalized spacial score (nSPS) is 13.4. The second kappa shape index (κ2) is 5.48. The first-order valence-electron chi connectivity index (χ1n) is 6.45. The summed E-state index contributed by atoms with van der Waals surface area (Å²) in [6, 6.07) is 5.68. The molecule has 1 amide bonds. The van der Waals surface area contributed by atoms with Crippen molar-refractivity contribution in [2.45, 2.75) is 32.9 Å². The molecule has 1 aliphatic rings. The third-order valence-corrected chi connectivity index (χ3v) is 3.08. The Hall–Kier alpha value is -1.75. The van der Waals surface area contributed by atoms with E-state index in [1.54, 1.807) is 0 Å². The molecule has 1 aromatic rings. The summed E-state index contributed by atoms with van der Waals surface area (Å²) in [6.07, 6.45) is 0. The fraction of sp³-hybridized carbons (Fsp3) is 0.500. The first kappa shape index (κ1) is 13.7. The van der Waals surface area contributed by atoms with Gasteiger partial charge in [0.05, 0.1) is 5.54 Å². The van der Waals surface area contributed by atoms with Crippen LogP contribution in [0.1, 0.15) is 26.3 Å². The lowest BCUT2D eigenvalue weighted by Gasteiger charge is -2.24. The second-order valence-electron chi connectivity index (χ2n) is 5.03. The number of nitrogens with one attached hydrogen (secondary N) is 2. The van der Waals surface area contributed by atoms with Gasteiger partial charge in [-0.3, -0.25) is 4.79 Å². The number of likely N-dealkylation sites (N-methyl/N-ethyl adjacent to an activating group) is 1. The van der Waals surface area contributed by atoms with Gasteiger partial charge in [-0.1, -0.05) is 13.0 Å². The Bertz CT molecular complexity index is 472. The molecule has 1 aliphatic heterocycles. The van der Waals surface area contributed by atoms with Crippen molar-refractivity contribution in [2.24, 2.45) is 0 Å². The highest BCUT2D eigenvalue weighted by Crippen LogP contribution is 2.32. The predicted octanol–water partition coefficient (Wildman–Crippen LogP) is 1.42. The summed E-state index contributed by atoms with van der Waals surface area (Å²) in [7, 11) is 0. The quantitative estimate of drug-likeness (QED) is 0.844. The van der Waals surface area contributed by atoms with Gasteiger partial charge in [-0.15, -0.1) is 0 Å². The van der Waals surface area contributed by atoms with Crippen LogP contribution in [-0.4, -0.2) is 24.8 Å². The van der Waals surface area contributed by atoms with Crippen LogP contribution in [0, 0.1) is 0 Å². The maximum atomic E-state index is 12.0. The Kier molecular flexibility index (Phi) is 3.95. The number of amides is 1. The number of carbonyl (C=O) groups excluding carboxylic acids is 1. The van der Waals surface area contributed by atoms with Crippen LogP contribution in [0.25, 0.3) is 0 Å². The van der Waals surface area contributed by atoms with E-state index < -0.39 is 5.54 Å². The molecule has 19 heavy (non-hydrogen) atoms. The van der Waals surface area contributed by atoms with Gasteiger partial charge < -0.3 is 20.1 Å². The SMILES string of the molecule is CCNC(C)(C)C(=O)NCc1ccc2c(c1)OCO2. The average Bonchev–Trinajstić information content (AvgIpc) is 2.83.